The molecule has 0 bridgehead atoms. The van der Waals surface area contributed by atoms with E-state index in [1.165, 1.54) is 25.3 Å². The zero-order chi connectivity index (χ0) is 21.9. The maximum absolute atomic E-state index is 13.5. The Morgan fingerprint density at radius 2 is 1.70 bits per heavy atom. The van der Waals surface area contributed by atoms with Crippen molar-refractivity contribution in [1.82, 2.24) is 0 Å². The van der Waals surface area contributed by atoms with E-state index in [0.717, 1.165) is 5.56 Å². The van der Waals surface area contributed by atoms with Crippen molar-refractivity contribution in [2.75, 3.05) is 7.11 Å². The predicted octanol–water partition coefficient (Wildman–Crippen LogP) is 6.10. The standard InChI is InChI=1S/C23H20Cl2O4S/c1-15-6-9-19(10-7-15)30(27,28)23(20-11-8-17(24)13-21(20)25)14-22(26)16-4-3-5-18(12-16)29-2/h3-13,23H,14H2,1-2H3/t23-/m0/s1. The van der Waals surface area contributed by atoms with Gasteiger partial charge in [-0.15, -0.1) is 0 Å². The Morgan fingerprint density at radius 3 is 2.33 bits per heavy atom. The number of halogens is 2. The molecule has 156 valence electrons. The number of aryl methyl sites for hydroxylation is 1. The molecule has 0 saturated carbocycles. The first kappa shape index (κ1) is 22.3. The van der Waals surface area contributed by atoms with Crippen LogP contribution in [0.4, 0.5) is 0 Å². The number of carbonyl (C=O) groups is 1. The molecule has 0 aliphatic heterocycles. The molecule has 7 heteroatoms. The van der Waals surface area contributed by atoms with Crippen molar-refractivity contribution in [3.05, 3.63) is 93.5 Å². The van der Waals surface area contributed by atoms with E-state index in [9.17, 15) is 13.2 Å². The summed E-state index contributed by atoms with van der Waals surface area (Å²) >= 11 is 12.3. The third-order valence-electron chi connectivity index (χ3n) is 4.80. The minimum Gasteiger partial charge on any atom is -0.497 e. The highest BCUT2D eigenvalue weighted by atomic mass is 35.5. The molecule has 0 N–H and O–H groups in total. The number of Topliss-reactive ketones (excluding diaryl/α,β-unsaturated/α-hetero) is 1. The minimum absolute atomic E-state index is 0.127. The van der Waals surface area contributed by atoms with E-state index >= 15 is 0 Å². The van der Waals surface area contributed by atoms with E-state index in [4.69, 9.17) is 27.9 Å². The predicted molar refractivity (Wildman–Crippen MR) is 120 cm³/mol. The SMILES string of the molecule is COc1cccc(C(=O)C[C@@H](c2ccc(Cl)cc2Cl)S(=O)(=O)c2ccc(C)cc2)c1. The highest BCUT2D eigenvalue weighted by molar-refractivity contribution is 7.91. The van der Waals surface area contributed by atoms with Gasteiger partial charge >= 0.3 is 0 Å². The van der Waals surface area contributed by atoms with Crippen LogP contribution in [0.5, 0.6) is 5.75 Å². The zero-order valence-electron chi connectivity index (χ0n) is 16.4. The normalized spacial score (nSPS) is 12.4. The lowest BCUT2D eigenvalue weighted by Crippen LogP contribution is -2.18. The van der Waals surface area contributed by atoms with Crippen LogP contribution < -0.4 is 4.74 Å². The Hall–Kier alpha value is -2.34. The maximum atomic E-state index is 13.5. The molecule has 0 unspecified atom stereocenters. The Bertz CT molecular complexity index is 1170. The summed E-state index contributed by atoms with van der Waals surface area (Å²) in [7, 11) is -2.40. The van der Waals surface area contributed by atoms with Gasteiger partial charge in [0, 0.05) is 22.0 Å². The van der Waals surface area contributed by atoms with Crippen LogP contribution in [0.15, 0.2) is 71.6 Å². The molecule has 0 aliphatic carbocycles. The van der Waals surface area contributed by atoms with Gasteiger partial charge in [-0.3, -0.25) is 4.79 Å². The van der Waals surface area contributed by atoms with Gasteiger partial charge in [0.1, 0.15) is 5.75 Å². The summed E-state index contributed by atoms with van der Waals surface area (Å²) in [5.74, 6) is 0.184. The maximum Gasteiger partial charge on any atom is 0.185 e. The van der Waals surface area contributed by atoms with E-state index in [1.54, 1.807) is 48.5 Å². The van der Waals surface area contributed by atoms with Crippen LogP contribution in [0, 0.1) is 6.92 Å². The number of benzene rings is 3. The largest absolute Gasteiger partial charge is 0.497 e. The monoisotopic (exact) mass is 462 g/mol. The van der Waals surface area contributed by atoms with Crippen molar-refractivity contribution in [2.24, 2.45) is 0 Å². The summed E-state index contributed by atoms with van der Waals surface area (Å²) in [6.45, 7) is 1.87. The van der Waals surface area contributed by atoms with Crippen molar-refractivity contribution < 1.29 is 17.9 Å². The zero-order valence-corrected chi connectivity index (χ0v) is 18.8. The van der Waals surface area contributed by atoms with E-state index in [1.807, 2.05) is 6.92 Å². The quantitative estimate of drug-likeness (QED) is 0.398. The fraction of sp³-hybridized carbons (Fsp3) is 0.174. The molecule has 0 radical (unpaired) electrons. The van der Waals surface area contributed by atoms with Gasteiger partial charge in [-0.25, -0.2) is 8.42 Å². The summed E-state index contributed by atoms with van der Waals surface area (Å²) in [5, 5.41) is -0.584. The lowest BCUT2D eigenvalue weighted by Gasteiger charge is -2.19. The molecule has 0 spiro atoms. The van der Waals surface area contributed by atoms with Crippen molar-refractivity contribution in [3.63, 3.8) is 0 Å². The molecule has 0 aliphatic rings. The summed E-state index contributed by atoms with van der Waals surface area (Å²) in [4.78, 5) is 13.1. The highest BCUT2D eigenvalue weighted by Gasteiger charge is 2.33. The van der Waals surface area contributed by atoms with Crippen molar-refractivity contribution in [3.8, 4) is 5.75 Å². The summed E-state index contributed by atoms with van der Waals surface area (Å²) in [6.07, 6.45) is -0.273. The molecule has 0 aromatic heterocycles. The van der Waals surface area contributed by atoms with Gasteiger partial charge in [-0.2, -0.15) is 0 Å². The molecule has 3 aromatic rings. The lowest BCUT2D eigenvalue weighted by atomic mass is 10.0. The Morgan fingerprint density at radius 1 is 1.00 bits per heavy atom. The average molecular weight is 463 g/mol. The minimum atomic E-state index is -3.90. The number of methoxy groups -OCH3 is 1. The molecule has 30 heavy (non-hydrogen) atoms. The second kappa shape index (κ2) is 9.21. The molecule has 0 amide bonds. The van der Waals surface area contributed by atoms with Crippen LogP contribution in [0.2, 0.25) is 10.0 Å². The van der Waals surface area contributed by atoms with Crippen LogP contribution >= 0.6 is 23.2 Å². The second-order valence-corrected chi connectivity index (χ2v) is 9.85. The van der Waals surface area contributed by atoms with Crippen LogP contribution in [-0.2, 0) is 9.84 Å². The van der Waals surface area contributed by atoms with E-state index < -0.39 is 15.1 Å². The fourth-order valence-electron chi connectivity index (χ4n) is 3.12. The molecule has 0 heterocycles. The number of hydrogen-bond acceptors (Lipinski definition) is 4. The van der Waals surface area contributed by atoms with E-state index in [0.29, 0.717) is 21.9 Å². The molecule has 0 saturated heterocycles. The van der Waals surface area contributed by atoms with Gasteiger partial charge in [-0.05, 0) is 48.9 Å². The number of hydrogen-bond donors (Lipinski definition) is 0. The first-order valence-corrected chi connectivity index (χ1v) is 11.5. The molecule has 4 nitrogen and oxygen atoms in total. The summed E-state index contributed by atoms with van der Waals surface area (Å²) in [6, 6.07) is 17.7. The van der Waals surface area contributed by atoms with Crippen molar-refractivity contribution in [2.45, 2.75) is 23.5 Å². The third-order valence-corrected chi connectivity index (χ3v) is 7.46. The van der Waals surface area contributed by atoms with E-state index in [-0.39, 0.29) is 22.1 Å². The number of rotatable bonds is 7. The molecule has 3 rings (SSSR count). The van der Waals surface area contributed by atoms with Gasteiger partial charge in [0.05, 0.1) is 17.3 Å². The van der Waals surface area contributed by atoms with Gasteiger partial charge in [-0.1, -0.05) is 59.1 Å². The van der Waals surface area contributed by atoms with Crippen LogP contribution in [-0.4, -0.2) is 21.3 Å². The van der Waals surface area contributed by atoms with Gasteiger partial charge < -0.3 is 4.74 Å². The topological polar surface area (TPSA) is 60.4 Å². The van der Waals surface area contributed by atoms with Crippen molar-refractivity contribution >= 4 is 38.8 Å². The number of sulfone groups is 1. The Kier molecular flexibility index (Phi) is 6.86. The molecule has 3 aromatic carbocycles. The van der Waals surface area contributed by atoms with Gasteiger partial charge in [0.15, 0.2) is 15.6 Å². The first-order valence-electron chi connectivity index (χ1n) is 9.15. The molecule has 1 atom stereocenters. The molecular formula is C23H20Cl2O4S. The van der Waals surface area contributed by atoms with Gasteiger partial charge in [0.25, 0.3) is 0 Å². The van der Waals surface area contributed by atoms with E-state index in [2.05, 4.69) is 0 Å². The number of ether oxygens (including phenoxy) is 1. The van der Waals surface area contributed by atoms with Gasteiger partial charge in [0.2, 0.25) is 0 Å². The fourth-order valence-corrected chi connectivity index (χ4v) is 5.48. The Balaban J connectivity index is 2.07. The molecular weight excluding hydrogens is 443 g/mol. The summed E-state index contributed by atoms with van der Waals surface area (Å²) in [5.41, 5.74) is 1.63. The van der Waals surface area contributed by atoms with Crippen LogP contribution in [0.3, 0.4) is 0 Å². The Labute approximate surface area is 186 Å². The first-order chi connectivity index (χ1) is 14.2. The highest BCUT2D eigenvalue weighted by Crippen LogP contribution is 2.38. The second-order valence-electron chi connectivity index (χ2n) is 6.87. The number of ketones is 1. The third kappa shape index (κ3) is 4.86. The molecule has 0 fully saturated rings. The van der Waals surface area contributed by atoms with Crippen molar-refractivity contribution in [1.29, 1.82) is 0 Å². The van der Waals surface area contributed by atoms with Crippen LogP contribution in [0.1, 0.15) is 33.2 Å². The lowest BCUT2D eigenvalue weighted by molar-refractivity contribution is 0.0980. The number of carbonyl (C=O) groups excluding carboxylic acids is 1. The summed E-state index contributed by atoms with van der Waals surface area (Å²) < 4.78 is 32.2. The van der Waals surface area contributed by atoms with Crippen LogP contribution in [0.25, 0.3) is 0 Å². The smallest absolute Gasteiger partial charge is 0.185 e. The average Bonchev–Trinajstić information content (AvgIpc) is 2.72.